The lowest BCUT2D eigenvalue weighted by molar-refractivity contribution is 0.283. The van der Waals surface area contributed by atoms with Gasteiger partial charge < -0.3 is 9.52 Å². The molecule has 3 nitrogen and oxygen atoms in total. The van der Waals surface area contributed by atoms with Crippen molar-refractivity contribution in [3.8, 4) is 11.1 Å². The highest BCUT2D eigenvalue weighted by atomic mass is 16.4. The van der Waals surface area contributed by atoms with Gasteiger partial charge in [0.1, 0.15) is 5.58 Å². The summed E-state index contributed by atoms with van der Waals surface area (Å²) in [6, 6.07) is 14.9. The molecule has 2 aromatic carbocycles. The van der Waals surface area contributed by atoms with Crippen molar-refractivity contribution in [3.63, 3.8) is 0 Å². The zero-order valence-corrected chi connectivity index (χ0v) is 11.1. The minimum absolute atomic E-state index is 0.199. The van der Waals surface area contributed by atoms with Gasteiger partial charge in [0, 0.05) is 10.9 Å². The van der Waals surface area contributed by atoms with Crippen LogP contribution in [0, 0.1) is 6.92 Å². The Bertz CT molecular complexity index is 831. The van der Waals surface area contributed by atoms with Crippen LogP contribution in [-0.2, 0) is 6.61 Å². The van der Waals surface area contributed by atoms with Crippen LogP contribution in [0.4, 0.5) is 0 Å². The van der Waals surface area contributed by atoms with Gasteiger partial charge in [0.2, 0.25) is 0 Å². The first-order chi connectivity index (χ1) is 9.72. The summed E-state index contributed by atoms with van der Waals surface area (Å²) in [4.78, 5) is 12.3. The van der Waals surface area contributed by atoms with E-state index in [0.29, 0.717) is 16.7 Å². The van der Waals surface area contributed by atoms with Gasteiger partial charge in [-0.15, -0.1) is 0 Å². The fourth-order valence-corrected chi connectivity index (χ4v) is 2.50. The normalized spacial score (nSPS) is 10.9. The lowest BCUT2D eigenvalue weighted by Gasteiger charge is -2.11. The lowest BCUT2D eigenvalue weighted by Crippen LogP contribution is -2.09. The predicted octanol–water partition coefficient (Wildman–Crippen LogP) is 3.26. The van der Waals surface area contributed by atoms with E-state index < -0.39 is 5.63 Å². The van der Waals surface area contributed by atoms with Crippen LogP contribution in [0.1, 0.15) is 11.1 Å². The Morgan fingerprint density at radius 3 is 2.50 bits per heavy atom. The molecule has 0 spiro atoms. The third-order valence-electron chi connectivity index (χ3n) is 3.49. The first-order valence-electron chi connectivity index (χ1n) is 6.44. The molecule has 0 amide bonds. The molecular weight excluding hydrogens is 252 g/mol. The molecule has 3 heteroatoms. The van der Waals surface area contributed by atoms with Crippen LogP contribution in [0.5, 0.6) is 0 Å². The van der Waals surface area contributed by atoms with E-state index >= 15 is 0 Å². The molecule has 100 valence electrons. The molecule has 3 rings (SSSR count). The maximum atomic E-state index is 12.3. The van der Waals surface area contributed by atoms with Crippen molar-refractivity contribution in [2.24, 2.45) is 0 Å². The van der Waals surface area contributed by atoms with Gasteiger partial charge in [-0.05, 0) is 24.1 Å². The van der Waals surface area contributed by atoms with Gasteiger partial charge in [-0.25, -0.2) is 4.79 Å². The summed E-state index contributed by atoms with van der Waals surface area (Å²) in [5.74, 6) is 0. The van der Waals surface area contributed by atoms with E-state index in [-0.39, 0.29) is 6.61 Å². The first-order valence-corrected chi connectivity index (χ1v) is 6.44. The molecule has 1 heterocycles. The molecule has 0 radical (unpaired) electrons. The number of para-hydroxylation sites is 1. The van der Waals surface area contributed by atoms with Gasteiger partial charge in [0.05, 0.1) is 12.2 Å². The molecule has 0 aliphatic carbocycles. The van der Waals surface area contributed by atoms with E-state index in [1.165, 1.54) is 0 Å². The molecule has 0 aliphatic heterocycles. The quantitative estimate of drug-likeness (QED) is 0.724. The Balaban J connectivity index is 2.45. The molecule has 20 heavy (non-hydrogen) atoms. The van der Waals surface area contributed by atoms with Crippen LogP contribution < -0.4 is 5.63 Å². The number of hydrogen-bond acceptors (Lipinski definition) is 3. The Kier molecular flexibility index (Phi) is 3.12. The number of aliphatic hydroxyl groups is 1. The Morgan fingerprint density at radius 2 is 1.75 bits per heavy atom. The molecule has 0 bridgehead atoms. The molecule has 3 aromatic rings. The van der Waals surface area contributed by atoms with Crippen LogP contribution in [0.15, 0.2) is 57.7 Å². The number of hydrogen-bond donors (Lipinski definition) is 1. The smallest absolute Gasteiger partial charge is 0.344 e. The molecule has 0 atom stereocenters. The Hall–Kier alpha value is -2.39. The van der Waals surface area contributed by atoms with Gasteiger partial charge in [0.15, 0.2) is 0 Å². The second-order valence-corrected chi connectivity index (χ2v) is 4.71. The highest BCUT2D eigenvalue weighted by Crippen LogP contribution is 2.29. The number of aryl methyl sites for hydroxylation is 1. The van der Waals surface area contributed by atoms with Crippen molar-refractivity contribution in [1.82, 2.24) is 0 Å². The van der Waals surface area contributed by atoms with Crippen molar-refractivity contribution in [3.05, 3.63) is 70.1 Å². The Labute approximate surface area is 116 Å². The van der Waals surface area contributed by atoms with E-state index in [9.17, 15) is 9.90 Å². The predicted molar refractivity (Wildman–Crippen MR) is 78.6 cm³/mol. The SMILES string of the molecule is Cc1ccccc1-c1c(CO)c2ccccc2oc1=O. The van der Waals surface area contributed by atoms with Crippen molar-refractivity contribution >= 4 is 11.0 Å². The van der Waals surface area contributed by atoms with Crippen molar-refractivity contribution in [2.45, 2.75) is 13.5 Å². The Morgan fingerprint density at radius 1 is 1.05 bits per heavy atom. The maximum absolute atomic E-state index is 12.3. The molecule has 0 fully saturated rings. The molecule has 0 aliphatic rings. The molecule has 1 N–H and O–H groups in total. The van der Waals surface area contributed by atoms with Gasteiger partial charge in [-0.3, -0.25) is 0 Å². The number of aliphatic hydroxyl groups excluding tert-OH is 1. The minimum Gasteiger partial charge on any atom is -0.422 e. The van der Waals surface area contributed by atoms with E-state index in [4.69, 9.17) is 4.42 Å². The standard InChI is InChI=1S/C17H14O3/c1-11-6-2-3-7-12(11)16-14(10-18)13-8-4-5-9-15(13)20-17(16)19/h2-9,18H,10H2,1H3. The molecule has 0 saturated carbocycles. The summed E-state index contributed by atoms with van der Waals surface area (Å²) in [6.07, 6.45) is 0. The van der Waals surface area contributed by atoms with Crippen molar-refractivity contribution < 1.29 is 9.52 Å². The van der Waals surface area contributed by atoms with Crippen LogP contribution in [-0.4, -0.2) is 5.11 Å². The van der Waals surface area contributed by atoms with Gasteiger partial charge in [-0.2, -0.15) is 0 Å². The summed E-state index contributed by atoms with van der Waals surface area (Å²) < 4.78 is 5.38. The van der Waals surface area contributed by atoms with Crippen molar-refractivity contribution in [2.75, 3.05) is 0 Å². The zero-order chi connectivity index (χ0) is 14.1. The maximum Gasteiger partial charge on any atom is 0.344 e. The zero-order valence-electron chi connectivity index (χ0n) is 11.1. The second-order valence-electron chi connectivity index (χ2n) is 4.71. The number of benzene rings is 2. The average Bonchev–Trinajstić information content (AvgIpc) is 2.47. The third kappa shape index (κ3) is 1.92. The van der Waals surface area contributed by atoms with E-state index in [0.717, 1.165) is 16.5 Å². The summed E-state index contributed by atoms with van der Waals surface area (Å²) in [7, 11) is 0. The summed E-state index contributed by atoms with van der Waals surface area (Å²) >= 11 is 0. The molecule has 0 unspecified atom stereocenters. The van der Waals surface area contributed by atoms with Gasteiger partial charge >= 0.3 is 5.63 Å². The largest absolute Gasteiger partial charge is 0.422 e. The first kappa shape index (κ1) is 12.6. The lowest BCUT2D eigenvalue weighted by atomic mass is 9.96. The third-order valence-corrected chi connectivity index (χ3v) is 3.49. The number of rotatable bonds is 2. The van der Waals surface area contributed by atoms with Gasteiger partial charge in [-0.1, -0.05) is 42.5 Å². The van der Waals surface area contributed by atoms with Crippen LogP contribution >= 0.6 is 0 Å². The van der Waals surface area contributed by atoms with E-state index in [1.807, 2.05) is 43.3 Å². The molecule has 1 aromatic heterocycles. The van der Waals surface area contributed by atoms with Crippen molar-refractivity contribution in [1.29, 1.82) is 0 Å². The summed E-state index contributed by atoms with van der Waals surface area (Å²) in [5.41, 5.74) is 2.93. The minimum atomic E-state index is -0.415. The highest BCUT2D eigenvalue weighted by molar-refractivity contribution is 5.87. The highest BCUT2D eigenvalue weighted by Gasteiger charge is 2.16. The topological polar surface area (TPSA) is 50.4 Å². The van der Waals surface area contributed by atoms with Crippen LogP contribution in [0.2, 0.25) is 0 Å². The second kappa shape index (κ2) is 4.94. The monoisotopic (exact) mass is 266 g/mol. The average molecular weight is 266 g/mol. The summed E-state index contributed by atoms with van der Waals surface area (Å²) in [5, 5.41) is 10.5. The number of fused-ring (bicyclic) bond motifs is 1. The fourth-order valence-electron chi connectivity index (χ4n) is 2.50. The molecular formula is C17H14O3. The molecule has 0 saturated heterocycles. The van der Waals surface area contributed by atoms with Gasteiger partial charge in [0.25, 0.3) is 0 Å². The van der Waals surface area contributed by atoms with Crippen LogP contribution in [0.25, 0.3) is 22.1 Å². The van der Waals surface area contributed by atoms with E-state index in [2.05, 4.69) is 0 Å². The summed E-state index contributed by atoms with van der Waals surface area (Å²) in [6.45, 7) is 1.74. The van der Waals surface area contributed by atoms with E-state index in [1.54, 1.807) is 12.1 Å². The fraction of sp³-hybridized carbons (Fsp3) is 0.118. The van der Waals surface area contributed by atoms with Crippen LogP contribution in [0.3, 0.4) is 0 Å².